The number of amides is 1. The van der Waals surface area contributed by atoms with Crippen LogP contribution in [0.3, 0.4) is 0 Å². The summed E-state index contributed by atoms with van der Waals surface area (Å²) in [5.74, 6) is -0.160. The average molecular weight is 448 g/mol. The van der Waals surface area contributed by atoms with Crippen molar-refractivity contribution >= 4 is 22.8 Å². The van der Waals surface area contributed by atoms with Crippen LogP contribution in [0.2, 0.25) is 0 Å². The molecule has 1 N–H and O–H groups in total. The van der Waals surface area contributed by atoms with E-state index in [9.17, 15) is 9.59 Å². The van der Waals surface area contributed by atoms with Gasteiger partial charge in [-0.3, -0.25) is 9.78 Å². The average Bonchev–Trinajstić information content (AvgIpc) is 3.47. The molecule has 0 bridgehead atoms. The molecule has 174 valence electrons. The fourth-order valence-electron chi connectivity index (χ4n) is 5.09. The number of benzene rings is 1. The van der Waals surface area contributed by atoms with Crippen molar-refractivity contribution in [2.24, 2.45) is 7.05 Å². The van der Waals surface area contributed by atoms with Gasteiger partial charge in [0.25, 0.3) is 5.91 Å². The summed E-state index contributed by atoms with van der Waals surface area (Å²) in [7, 11) is 3.40. The Morgan fingerprint density at radius 2 is 2.00 bits per heavy atom. The van der Waals surface area contributed by atoms with Crippen LogP contribution in [0.4, 0.5) is 0 Å². The highest BCUT2D eigenvalue weighted by molar-refractivity contribution is 6.01. The molecule has 33 heavy (non-hydrogen) atoms. The molecular formula is C27H33N3O3. The van der Waals surface area contributed by atoms with Crippen molar-refractivity contribution < 1.29 is 14.3 Å². The van der Waals surface area contributed by atoms with E-state index >= 15 is 0 Å². The molecule has 1 atom stereocenters. The predicted molar refractivity (Wildman–Crippen MR) is 130 cm³/mol. The molecule has 1 amide bonds. The number of aryl methyl sites for hydroxylation is 1. The summed E-state index contributed by atoms with van der Waals surface area (Å²) in [6, 6.07) is 11.2. The Kier molecular flexibility index (Phi) is 7.11. The van der Waals surface area contributed by atoms with Crippen LogP contribution in [-0.2, 0) is 16.6 Å². The number of hydrogen-bond donors (Lipinski definition) is 1. The first-order valence-electron chi connectivity index (χ1n) is 12.0. The largest absolute Gasteiger partial charge is 0.467 e. The molecule has 3 aromatic rings. The van der Waals surface area contributed by atoms with E-state index in [1.807, 2.05) is 37.5 Å². The van der Waals surface area contributed by atoms with Crippen LogP contribution < -0.4 is 5.32 Å². The summed E-state index contributed by atoms with van der Waals surface area (Å²) in [5, 5.41) is 4.05. The molecule has 2 heterocycles. The molecule has 0 spiro atoms. The van der Waals surface area contributed by atoms with Gasteiger partial charge in [-0.2, -0.15) is 0 Å². The van der Waals surface area contributed by atoms with Crippen LogP contribution in [0.15, 0.2) is 42.6 Å². The normalized spacial score (nSPS) is 15.0. The number of nitrogens with zero attached hydrogens (tertiary/aromatic N) is 2. The van der Waals surface area contributed by atoms with Gasteiger partial charge < -0.3 is 14.6 Å². The van der Waals surface area contributed by atoms with Gasteiger partial charge in [-0.1, -0.05) is 44.7 Å². The molecule has 1 fully saturated rings. The lowest BCUT2D eigenvalue weighted by molar-refractivity contribution is -0.143. The fourth-order valence-corrected chi connectivity index (χ4v) is 5.09. The summed E-state index contributed by atoms with van der Waals surface area (Å²) in [6.07, 6.45) is 9.03. The third-order valence-corrected chi connectivity index (χ3v) is 6.81. The standard InChI is InChI=1S/C27H33N3O3/c1-4-5-12-22(27(32)33-3)29-26(31)19-14-15-20-23(17-19)30(2)25(21-13-8-9-16-28-21)24(20)18-10-6-7-11-18/h8-9,13-18,22H,4-7,10-12H2,1-3H3,(H,29,31). The number of unbranched alkanes of at least 4 members (excludes halogenated alkanes) is 1. The molecule has 4 rings (SSSR count). The van der Waals surface area contributed by atoms with Crippen molar-refractivity contribution in [3.05, 3.63) is 53.7 Å². The monoisotopic (exact) mass is 447 g/mol. The highest BCUT2D eigenvalue weighted by atomic mass is 16.5. The highest BCUT2D eigenvalue weighted by Crippen LogP contribution is 2.44. The molecule has 1 aliphatic carbocycles. The summed E-state index contributed by atoms with van der Waals surface area (Å²) in [6.45, 7) is 2.06. The number of carbonyl (C=O) groups is 2. The number of carbonyl (C=O) groups excluding carboxylic acids is 2. The highest BCUT2D eigenvalue weighted by Gasteiger charge is 2.28. The first-order valence-corrected chi connectivity index (χ1v) is 12.0. The van der Waals surface area contributed by atoms with Crippen molar-refractivity contribution in [3.8, 4) is 11.4 Å². The molecule has 1 saturated carbocycles. The molecule has 1 aliphatic rings. The van der Waals surface area contributed by atoms with Gasteiger partial charge >= 0.3 is 5.97 Å². The topological polar surface area (TPSA) is 73.2 Å². The van der Waals surface area contributed by atoms with Gasteiger partial charge in [0.2, 0.25) is 0 Å². The van der Waals surface area contributed by atoms with Gasteiger partial charge in [0.05, 0.1) is 18.5 Å². The van der Waals surface area contributed by atoms with Gasteiger partial charge in [0.15, 0.2) is 0 Å². The minimum absolute atomic E-state index is 0.258. The zero-order chi connectivity index (χ0) is 23.4. The summed E-state index contributed by atoms with van der Waals surface area (Å²) in [5.41, 5.74) is 4.97. The molecule has 0 saturated heterocycles. The van der Waals surface area contributed by atoms with Crippen molar-refractivity contribution in [1.29, 1.82) is 0 Å². The second-order valence-electron chi connectivity index (χ2n) is 8.94. The number of pyridine rings is 1. The first kappa shape index (κ1) is 23.0. The Morgan fingerprint density at radius 3 is 2.67 bits per heavy atom. The zero-order valence-corrected chi connectivity index (χ0v) is 19.8. The minimum Gasteiger partial charge on any atom is -0.467 e. The van der Waals surface area contributed by atoms with E-state index < -0.39 is 12.0 Å². The quantitative estimate of drug-likeness (QED) is 0.472. The molecule has 1 unspecified atom stereocenters. The van der Waals surface area contributed by atoms with Crippen molar-refractivity contribution in [3.63, 3.8) is 0 Å². The van der Waals surface area contributed by atoms with Crippen LogP contribution in [0, 0.1) is 0 Å². The maximum Gasteiger partial charge on any atom is 0.328 e. The molecule has 2 aromatic heterocycles. The number of hydrogen-bond acceptors (Lipinski definition) is 4. The third kappa shape index (κ3) is 4.65. The van der Waals surface area contributed by atoms with E-state index in [-0.39, 0.29) is 5.91 Å². The lowest BCUT2D eigenvalue weighted by Crippen LogP contribution is -2.41. The van der Waals surface area contributed by atoms with Crippen LogP contribution in [0.25, 0.3) is 22.3 Å². The maximum atomic E-state index is 13.1. The predicted octanol–water partition coefficient (Wildman–Crippen LogP) is 5.36. The van der Waals surface area contributed by atoms with E-state index in [4.69, 9.17) is 4.74 Å². The number of esters is 1. The lowest BCUT2D eigenvalue weighted by Gasteiger charge is -2.16. The SMILES string of the molecule is CCCCC(NC(=O)c1ccc2c(C3CCCC3)c(-c3ccccn3)n(C)c2c1)C(=O)OC. The molecule has 1 aromatic carbocycles. The maximum absolute atomic E-state index is 13.1. The number of ether oxygens (including phenoxy) is 1. The fraction of sp³-hybridized carbons (Fsp3) is 0.444. The van der Waals surface area contributed by atoms with Crippen LogP contribution >= 0.6 is 0 Å². The van der Waals surface area contributed by atoms with Gasteiger partial charge in [-0.25, -0.2) is 4.79 Å². The van der Waals surface area contributed by atoms with Gasteiger partial charge in [-0.15, -0.1) is 0 Å². The van der Waals surface area contributed by atoms with Crippen molar-refractivity contribution in [2.75, 3.05) is 7.11 Å². The number of aromatic nitrogens is 2. The van der Waals surface area contributed by atoms with Crippen LogP contribution in [0.1, 0.15) is 73.7 Å². The number of rotatable bonds is 8. The molecule has 0 radical (unpaired) electrons. The van der Waals surface area contributed by atoms with Crippen molar-refractivity contribution in [1.82, 2.24) is 14.9 Å². The minimum atomic E-state index is -0.635. The number of nitrogens with one attached hydrogen (secondary N) is 1. The lowest BCUT2D eigenvalue weighted by atomic mass is 9.93. The van der Waals surface area contributed by atoms with E-state index in [0.29, 0.717) is 17.9 Å². The van der Waals surface area contributed by atoms with E-state index in [2.05, 4.69) is 33.9 Å². The van der Waals surface area contributed by atoms with Crippen molar-refractivity contribution in [2.45, 2.75) is 63.8 Å². The molecule has 0 aliphatic heterocycles. The Hall–Kier alpha value is -3.15. The molecule has 6 nitrogen and oxygen atoms in total. The number of methoxy groups -OCH3 is 1. The second kappa shape index (κ2) is 10.2. The Morgan fingerprint density at radius 1 is 1.21 bits per heavy atom. The number of fused-ring (bicyclic) bond motifs is 1. The second-order valence-corrected chi connectivity index (χ2v) is 8.94. The smallest absolute Gasteiger partial charge is 0.328 e. The molecule has 6 heteroatoms. The Bertz CT molecular complexity index is 1130. The molecular weight excluding hydrogens is 414 g/mol. The van der Waals surface area contributed by atoms with Gasteiger partial charge in [0, 0.05) is 29.7 Å². The van der Waals surface area contributed by atoms with E-state index in [1.165, 1.54) is 43.7 Å². The Labute approximate surface area is 195 Å². The van der Waals surface area contributed by atoms with E-state index in [0.717, 1.165) is 29.7 Å². The Balaban J connectivity index is 1.74. The van der Waals surface area contributed by atoms with Gasteiger partial charge in [-0.05, 0) is 55.0 Å². The summed E-state index contributed by atoms with van der Waals surface area (Å²) < 4.78 is 7.06. The van der Waals surface area contributed by atoms with Crippen LogP contribution in [0.5, 0.6) is 0 Å². The van der Waals surface area contributed by atoms with Gasteiger partial charge in [0.1, 0.15) is 6.04 Å². The summed E-state index contributed by atoms with van der Waals surface area (Å²) >= 11 is 0. The third-order valence-electron chi connectivity index (χ3n) is 6.81. The van der Waals surface area contributed by atoms with Crippen LogP contribution in [-0.4, -0.2) is 34.6 Å². The van der Waals surface area contributed by atoms with E-state index in [1.54, 1.807) is 0 Å². The summed E-state index contributed by atoms with van der Waals surface area (Å²) in [4.78, 5) is 29.9. The zero-order valence-electron chi connectivity index (χ0n) is 19.8. The first-order chi connectivity index (χ1) is 16.0.